The quantitative estimate of drug-likeness (QED) is 0.118. The zero-order chi connectivity index (χ0) is 41.1. The number of nitrogens with zero attached hydrogens (tertiary/aromatic N) is 1. The van der Waals surface area contributed by atoms with Crippen LogP contribution in [-0.2, 0) is 13.0 Å². The second-order valence-electron chi connectivity index (χ2n) is 16.9. The van der Waals surface area contributed by atoms with Crippen LogP contribution in [0.4, 0.5) is 4.79 Å². The maximum absolute atomic E-state index is 14.6. The van der Waals surface area contributed by atoms with Crippen molar-refractivity contribution in [2.24, 2.45) is 5.41 Å². The lowest BCUT2D eigenvalue weighted by Crippen LogP contribution is -2.54. The summed E-state index contributed by atoms with van der Waals surface area (Å²) in [5, 5.41) is 28.5. The maximum atomic E-state index is 14.6. The molecule has 3 aliphatic rings. The lowest BCUT2D eigenvalue weighted by molar-refractivity contribution is -0.0801. The molecule has 7 heteroatoms. The van der Waals surface area contributed by atoms with E-state index in [2.05, 4.69) is 38.1 Å². The van der Waals surface area contributed by atoms with Gasteiger partial charge in [0, 0.05) is 23.1 Å². The topological polar surface area (TPSA) is 96.3 Å². The lowest BCUT2D eigenvalue weighted by Gasteiger charge is -2.46. The van der Waals surface area contributed by atoms with Crippen molar-refractivity contribution in [3.63, 3.8) is 0 Å². The normalized spacial score (nSPS) is 22.0. The Morgan fingerprint density at radius 3 is 2.32 bits per heavy atom. The number of methoxy groups -OCH3 is 1. The SMILES string of the molecule is COc1ccc(C(=O)c2cc3ccc2C2CCC(O)(CN(Cc4cccc5ccccc45)C(=O)Oc4ccc5ccccc5c4)C2(C)CCC=C(C)CCC(O)C3)cc1. The molecule has 0 aromatic heterocycles. The number of amides is 1. The van der Waals surface area contributed by atoms with Crippen molar-refractivity contribution in [1.82, 2.24) is 4.90 Å². The highest BCUT2D eigenvalue weighted by Gasteiger charge is 2.58. The number of fused-ring (bicyclic) bond motifs is 10. The first-order valence-electron chi connectivity index (χ1n) is 20.8. The number of aliphatic hydroxyl groups excluding tert-OH is 1. The zero-order valence-corrected chi connectivity index (χ0v) is 34.2. The second-order valence-corrected chi connectivity index (χ2v) is 16.9. The van der Waals surface area contributed by atoms with Crippen LogP contribution in [0.5, 0.6) is 11.5 Å². The van der Waals surface area contributed by atoms with Crippen LogP contribution < -0.4 is 9.47 Å². The number of ketones is 1. The molecular formula is C52H53NO6. The number of hydrogen-bond acceptors (Lipinski definition) is 6. The minimum Gasteiger partial charge on any atom is -0.497 e. The third kappa shape index (κ3) is 8.27. The Morgan fingerprint density at radius 2 is 1.53 bits per heavy atom. The average Bonchev–Trinajstić information content (AvgIpc) is 3.50. The van der Waals surface area contributed by atoms with E-state index in [1.165, 1.54) is 5.57 Å². The minimum atomic E-state index is -1.35. The third-order valence-corrected chi connectivity index (χ3v) is 13.1. The molecule has 0 heterocycles. The van der Waals surface area contributed by atoms with Gasteiger partial charge >= 0.3 is 6.09 Å². The third-order valence-electron chi connectivity index (χ3n) is 13.1. The van der Waals surface area contributed by atoms with Crippen molar-refractivity contribution >= 4 is 33.4 Å². The molecule has 1 amide bonds. The van der Waals surface area contributed by atoms with Crippen molar-refractivity contribution in [2.75, 3.05) is 13.7 Å². The summed E-state index contributed by atoms with van der Waals surface area (Å²) in [7, 11) is 1.60. The number of hydrogen-bond donors (Lipinski definition) is 2. The Balaban J connectivity index is 1.20. The standard InChI is InChI=1S/C52H53NO6/c1-35-10-9-28-51(2)48(46-26-18-36(30-42(54)22-17-35)31-47(46)49(55)39-20-23-43(58-3)24-21-39)27-29-52(51,57)34-53(33-41-15-8-14-38-12-6-7-16-45(38)41)50(56)59-44-25-19-37-11-4-5-13-40(37)32-44/h4-8,10-16,18-21,23-26,31-32,42,48,54,57H,9,17,22,27-30,33-34H2,1-3H3. The van der Waals surface area contributed by atoms with E-state index < -0.39 is 23.2 Å². The molecule has 6 aromatic rings. The van der Waals surface area contributed by atoms with E-state index in [9.17, 15) is 19.8 Å². The van der Waals surface area contributed by atoms with Crippen LogP contribution in [0.15, 0.2) is 139 Å². The summed E-state index contributed by atoms with van der Waals surface area (Å²) in [6.07, 6.45) is 5.29. The van der Waals surface area contributed by atoms with Crippen molar-refractivity contribution in [3.05, 3.63) is 167 Å². The van der Waals surface area contributed by atoms with E-state index in [1.807, 2.05) is 84.9 Å². The second kappa shape index (κ2) is 16.8. The van der Waals surface area contributed by atoms with Gasteiger partial charge in [-0.3, -0.25) is 4.79 Å². The number of rotatable bonds is 8. The van der Waals surface area contributed by atoms with Gasteiger partial charge in [0.05, 0.1) is 25.4 Å². The van der Waals surface area contributed by atoms with Gasteiger partial charge in [-0.2, -0.15) is 0 Å². The molecule has 7 nitrogen and oxygen atoms in total. The molecule has 3 aliphatic carbocycles. The summed E-state index contributed by atoms with van der Waals surface area (Å²) in [6.45, 7) is 4.51. The van der Waals surface area contributed by atoms with Crippen LogP contribution in [0.3, 0.4) is 0 Å². The van der Waals surface area contributed by atoms with Gasteiger partial charge in [-0.15, -0.1) is 0 Å². The van der Waals surface area contributed by atoms with Crippen LogP contribution in [0.1, 0.15) is 90.9 Å². The summed E-state index contributed by atoms with van der Waals surface area (Å²) in [6, 6.07) is 41.0. The molecular weight excluding hydrogens is 735 g/mol. The molecule has 0 radical (unpaired) electrons. The van der Waals surface area contributed by atoms with E-state index in [0.29, 0.717) is 61.2 Å². The van der Waals surface area contributed by atoms with E-state index in [0.717, 1.165) is 44.7 Å². The van der Waals surface area contributed by atoms with E-state index in [1.54, 1.807) is 36.3 Å². The zero-order valence-electron chi connectivity index (χ0n) is 34.2. The summed E-state index contributed by atoms with van der Waals surface area (Å²) >= 11 is 0. The molecule has 302 valence electrons. The summed E-state index contributed by atoms with van der Waals surface area (Å²) in [4.78, 5) is 30.8. The Kier molecular flexibility index (Phi) is 11.4. The number of ether oxygens (including phenoxy) is 2. The van der Waals surface area contributed by atoms with Crippen LogP contribution in [0.25, 0.3) is 21.5 Å². The Morgan fingerprint density at radius 1 is 0.797 bits per heavy atom. The van der Waals surface area contributed by atoms with Crippen molar-refractivity contribution in [2.45, 2.75) is 83.0 Å². The maximum Gasteiger partial charge on any atom is 0.415 e. The summed E-state index contributed by atoms with van der Waals surface area (Å²) in [5.74, 6) is 0.772. The van der Waals surface area contributed by atoms with Gasteiger partial charge in [-0.1, -0.05) is 104 Å². The molecule has 6 aromatic carbocycles. The van der Waals surface area contributed by atoms with Gasteiger partial charge < -0.3 is 24.6 Å². The van der Waals surface area contributed by atoms with Crippen LogP contribution in [0, 0.1) is 5.41 Å². The number of carbonyl (C=O) groups excluding carboxylic acids is 2. The summed E-state index contributed by atoms with van der Waals surface area (Å²) < 4.78 is 11.6. The average molecular weight is 788 g/mol. The highest BCUT2D eigenvalue weighted by Crippen LogP contribution is 2.59. The van der Waals surface area contributed by atoms with Crippen molar-refractivity contribution < 1.29 is 29.3 Å². The van der Waals surface area contributed by atoms with Crippen molar-refractivity contribution in [3.8, 4) is 11.5 Å². The fourth-order valence-corrected chi connectivity index (χ4v) is 9.63. The predicted octanol–water partition coefficient (Wildman–Crippen LogP) is 11.0. The minimum absolute atomic E-state index is 0.0321. The molecule has 59 heavy (non-hydrogen) atoms. The molecule has 9 rings (SSSR count). The fraction of sp³-hybridized carbons (Fsp3) is 0.308. The van der Waals surface area contributed by atoms with Gasteiger partial charge in [0.25, 0.3) is 0 Å². The highest BCUT2D eigenvalue weighted by atomic mass is 16.6. The van der Waals surface area contributed by atoms with Crippen molar-refractivity contribution in [1.29, 1.82) is 0 Å². The van der Waals surface area contributed by atoms with Crippen LogP contribution in [0.2, 0.25) is 0 Å². The van der Waals surface area contributed by atoms with Gasteiger partial charge in [0.2, 0.25) is 0 Å². The van der Waals surface area contributed by atoms with Gasteiger partial charge in [0.1, 0.15) is 11.5 Å². The number of allylic oxidation sites excluding steroid dienone is 2. The molecule has 1 fully saturated rings. The number of benzene rings is 6. The molecule has 1 saturated carbocycles. The van der Waals surface area contributed by atoms with E-state index >= 15 is 0 Å². The van der Waals surface area contributed by atoms with Gasteiger partial charge in [-0.25, -0.2) is 4.79 Å². The molecule has 0 aliphatic heterocycles. The first kappa shape index (κ1) is 40.0. The molecule has 0 saturated heterocycles. The molecule has 2 N–H and O–H groups in total. The molecule has 0 spiro atoms. The molecule has 4 unspecified atom stereocenters. The Hall–Kier alpha value is -5.76. The Bertz CT molecular complexity index is 2520. The molecule has 4 atom stereocenters. The van der Waals surface area contributed by atoms with Crippen LogP contribution >= 0.6 is 0 Å². The van der Waals surface area contributed by atoms with Gasteiger partial charge in [-0.05, 0) is 138 Å². The lowest BCUT2D eigenvalue weighted by atomic mass is 9.64. The summed E-state index contributed by atoms with van der Waals surface area (Å²) in [5.41, 5.74) is 2.93. The number of aliphatic hydroxyl groups is 2. The number of carbonyl (C=O) groups is 2. The highest BCUT2D eigenvalue weighted by molar-refractivity contribution is 6.10. The van der Waals surface area contributed by atoms with E-state index in [4.69, 9.17) is 9.47 Å². The fourth-order valence-electron chi connectivity index (χ4n) is 9.63. The first-order valence-corrected chi connectivity index (χ1v) is 20.8. The Labute approximate surface area is 346 Å². The van der Waals surface area contributed by atoms with E-state index in [-0.39, 0.29) is 24.8 Å². The van der Waals surface area contributed by atoms with Crippen LogP contribution in [-0.4, -0.2) is 52.3 Å². The monoisotopic (exact) mass is 787 g/mol. The first-order chi connectivity index (χ1) is 28.5. The predicted molar refractivity (Wildman–Crippen MR) is 234 cm³/mol. The largest absolute Gasteiger partial charge is 0.497 e. The van der Waals surface area contributed by atoms with Gasteiger partial charge in [0.15, 0.2) is 5.78 Å². The smallest absolute Gasteiger partial charge is 0.415 e. The molecule has 2 bridgehead atoms.